The molecule has 0 radical (unpaired) electrons. The van der Waals surface area contributed by atoms with E-state index in [1.54, 1.807) is 6.33 Å². The number of imidazole rings is 1. The molecule has 3 heterocycles. The zero-order valence-electron chi connectivity index (χ0n) is 11.2. The third kappa shape index (κ3) is 1.97. The number of aliphatic hydroxyl groups is 1. The van der Waals surface area contributed by atoms with E-state index in [-0.39, 0.29) is 30.7 Å². The van der Waals surface area contributed by atoms with Crippen molar-refractivity contribution in [1.29, 1.82) is 0 Å². The van der Waals surface area contributed by atoms with Crippen LogP contribution < -0.4 is 11.5 Å². The Morgan fingerprint density at radius 1 is 1.45 bits per heavy atom. The molecule has 2 aromatic rings. The SMILES string of the molecule is CC[C@H]1C[C@H](n2cnc3c(N)nc(N)nc32)O[C@@H]1CO. The topological polar surface area (TPSA) is 125 Å². The molecular weight excluding hydrogens is 260 g/mol. The first-order chi connectivity index (χ1) is 9.63. The molecule has 108 valence electrons. The Morgan fingerprint density at radius 2 is 2.25 bits per heavy atom. The van der Waals surface area contributed by atoms with Crippen LogP contribution in [-0.2, 0) is 4.74 Å². The molecule has 0 aliphatic carbocycles. The van der Waals surface area contributed by atoms with Crippen molar-refractivity contribution in [1.82, 2.24) is 19.5 Å². The van der Waals surface area contributed by atoms with Crippen molar-refractivity contribution in [2.75, 3.05) is 18.1 Å². The molecule has 3 atom stereocenters. The maximum Gasteiger partial charge on any atom is 0.224 e. The molecule has 1 saturated heterocycles. The van der Waals surface area contributed by atoms with E-state index in [1.165, 1.54) is 0 Å². The van der Waals surface area contributed by atoms with Gasteiger partial charge in [0.15, 0.2) is 11.5 Å². The van der Waals surface area contributed by atoms with Crippen LogP contribution in [0.4, 0.5) is 11.8 Å². The number of aliphatic hydroxyl groups excluding tert-OH is 1. The number of fused-ring (bicyclic) bond motifs is 1. The predicted octanol–water partition coefficient (Wildman–Crippen LogP) is 0.297. The second kappa shape index (κ2) is 4.88. The van der Waals surface area contributed by atoms with E-state index in [1.807, 2.05) is 4.57 Å². The second-order valence-electron chi connectivity index (χ2n) is 5.01. The van der Waals surface area contributed by atoms with Crippen molar-refractivity contribution >= 4 is 22.9 Å². The third-order valence-electron chi connectivity index (χ3n) is 3.84. The number of hydrogen-bond donors (Lipinski definition) is 3. The van der Waals surface area contributed by atoms with Gasteiger partial charge >= 0.3 is 0 Å². The lowest BCUT2D eigenvalue weighted by molar-refractivity contribution is -0.0293. The molecule has 1 aliphatic heterocycles. The lowest BCUT2D eigenvalue weighted by Gasteiger charge is -2.14. The van der Waals surface area contributed by atoms with E-state index in [4.69, 9.17) is 16.2 Å². The van der Waals surface area contributed by atoms with Gasteiger partial charge in [0.05, 0.1) is 19.0 Å². The molecule has 1 aliphatic rings. The quantitative estimate of drug-likeness (QED) is 0.737. The summed E-state index contributed by atoms with van der Waals surface area (Å²) in [5.74, 6) is 0.689. The van der Waals surface area contributed by atoms with Crippen molar-refractivity contribution in [3.63, 3.8) is 0 Å². The third-order valence-corrected chi connectivity index (χ3v) is 3.84. The fraction of sp³-hybridized carbons (Fsp3) is 0.583. The van der Waals surface area contributed by atoms with Gasteiger partial charge in [-0.3, -0.25) is 4.57 Å². The Balaban J connectivity index is 1.99. The van der Waals surface area contributed by atoms with Crippen LogP contribution in [0.15, 0.2) is 6.33 Å². The smallest absolute Gasteiger partial charge is 0.224 e. The molecule has 0 amide bonds. The van der Waals surface area contributed by atoms with Crippen molar-refractivity contribution in [3.8, 4) is 0 Å². The van der Waals surface area contributed by atoms with Crippen molar-refractivity contribution < 1.29 is 9.84 Å². The Kier molecular flexibility index (Phi) is 3.19. The standard InChI is InChI=1S/C12H18N6O2/c1-2-6-3-8(20-7(6)4-19)18-5-15-9-10(13)16-12(14)17-11(9)18/h5-8,19H,2-4H2,1H3,(H4,13,14,16,17)/t6-,7+,8+/m0/s1. The Hall–Kier alpha value is -1.93. The summed E-state index contributed by atoms with van der Waals surface area (Å²) in [5.41, 5.74) is 12.5. The zero-order chi connectivity index (χ0) is 14.3. The van der Waals surface area contributed by atoms with Crippen LogP contribution >= 0.6 is 0 Å². The van der Waals surface area contributed by atoms with Crippen LogP contribution in [0, 0.1) is 5.92 Å². The van der Waals surface area contributed by atoms with Gasteiger partial charge in [0.2, 0.25) is 5.95 Å². The molecule has 5 N–H and O–H groups in total. The molecule has 3 rings (SSSR count). The fourth-order valence-corrected chi connectivity index (χ4v) is 2.75. The Labute approximate surface area is 115 Å². The minimum Gasteiger partial charge on any atom is -0.394 e. The molecule has 0 spiro atoms. The largest absolute Gasteiger partial charge is 0.394 e. The van der Waals surface area contributed by atoms with Gasteiger partial charge in [-0.2, -0.15) is 9.97 Å². The number of aromatic nitrogens is 4. The summed E-state index contributed by atoms with van der Waals surface area (Å²) in [6, 6.07) is 0. The monoisotopic (exact) mass is 278 g/mol. The molecule has 1 fully saturated rings. The molecule has 8 nitrogen and oxygen atoms in total. The molecular formula is C12H18N6O2. The highest BCUT2D eigenvalue weighted by Crippen LogP contribution is 2.36. The molecule has 0 unspecified atom stereocenters. The van der Waals surface area contributed by atoms with E-state index in [0.717, 1.165) is 12.8 Å². The van der Waals surface area contributed by atoms with Crippen LogP contribution in [0.5, 0.6) is 0 Å². The normalized spacial score (nSPS) is 26.4. The first kappa shape index (κ1) is 13.1. The van der Waals surface area contributed by atoms with E-state index >= 15 is 0 Å². The fourth-order valence-electron chi connectivity index (χ4n) is 2.75. The number of nitrogens with zero attached hydrogens (tertiary/aromatic N) is 4. The van der Waals surface area contributed by atoms with Crippen molar-refractivity contribution in [2.24, 2.45) is 5.92 Å². The minimum atomic E-state index is -0.212. The zero-order valence-corrected chi connectivity index (χ0v) is 11.2. The van der Waals surface area contributed by atoms with E-state index in [9.17, 15) is 5.11 Å². The van der Waals surface area contributed by atoms with E-state index < -0.39 is 0 Å². The summed E-state index contributed by atoms with van der Waals surface area (Å²) in [4.78, 5) is 12.3. The van der Waals surface area contributed by atoms with E-state index in [0.29, 0.717) is 17.1 Å². The summed E-state index contributed by atoms with van der Waals surface area (Å²) in [7, 11) is 0. The average molecular weight is 278 g/mol. The van der Waals surface area contributed by atoms with Crippen LogP contribution in [0.2, 0.25) is 0 Å². The molecule has 8 heteroatoms. The Bertz CT molecular complexity index is 616. The molecule has 20 heavy (non-hydrogen) atoms. The minimum absolute atomic E-state index is 0.0148. The number of rotatable bonds is 3. The van der Waals surface area contributed by atoms with Gasteiger partial charge in [-0.15, -0.1) is 0 Å². The highest BCUT2D eigenvalue weighted by molar-refractivity contribution is 5.82. The first-order valence-electron chi connectivity index (χ1n) is 6.65. The summed E-state index contributed by atoms with van der Waals surface area (Å²) in [6.45, 7) is 2.10. The van der Waals surface area contributed by atoms with E-state index in [2.05, 4.69) is 21.9 Å². The summed E-state index contributed by atoms with van der Waals surface area (Å²) in [5, 5.41) is 9.37. The summed E-state index contributed by atoms with van der Waals surface area (Å²) < 4.78 is 7.68. The lowest BCUT2D eigenvalue weighted by atomic mass is 9.98. The molecule has 0 saturated carbocycles. The van der Waals surface area contributed by atoms with Crippen molar-refractivity contribution in [2.45, 2.75) is 32.1 Å². The number of anilines is 2. The van der Waals surface area contributed by atoms with Gasteiger partial charge in [0.25, 0.3) is 0 Å². The highest BCUT2D eigenvalue weighted by Gasteiger charge is 2.35. The van der Waals surface area contributed by atoms with Gasteiger partial charge in [-0.1, -0.05) is 13.3 Å². The van der Waals surface area contributed by atoms with Gasteiger partial charge in [-0.05, 0) is 12.3 Å². The lowest BCUT2D eigenvalue weighted by Crippen LogP contribution is -2.20. The van der Waals surface area contributed by atoms with Crippen LogP contribution in [-0.4, -0.2) is 37.3 Å². The molecule has 0 bridgehead atoms. The number of nitrogens with two attached hydrogens (primary N) is 2. The highest BCUT2D eigenvalue weighted by atomic mass is 16.5. The summed E-state index contributed by atoms with van der Waals surface area (Å²) in [6.07, 6.45) is 3.02. The predicted molar refractivity (Wildman–Crippen MR) is 73.5 cm³/mol. The first-order valence-corrected chi connectivity index (χ1v) is 6.65. The van der Waals surface area contributed by atoms with Gasteiger partial charge in [0.1, 0.15) is 11.7 Å². The van der Waals surface area contributed by atoms with Crippen LogP contribution in [0.3, 0.4) is 0 Å². The molecule has 2 aromatic heterocycles. The number of hydrogen-bond acceptors (Lipinski definition) is 7. The molecule has 0 aromatic carbocycles. The second-order valence-corrected chi connectivity index (χ2v) is 5.01. The van der Waals surface area contributed by atoms with Crippen molar-refractivity contribution in [3.05, 3.63) is 6.33 Å². The van der Waals surface area contributed by atoms with Gasteiger partial charge in [0, 0.05) is 0 Å². The number of nitrogen functional groups attached to an aromatic ring is 2. The Morgan fingerprint density at radius 3 is 2.90 bits per heavy atom. The summed E-state index contributed by atoms with van der Waals surface area (Å²) >= 11 is 0. The van der Waals surface area contributed by atoms with Crippen LogP contribution in [0.1, 0.15) is 26.0 Å². The van der Waals surface area contributed by atoms with Gasteiger partial charge < -0.3 is 21.3 Å². The maximum absolute atomic E-state index is 9.37. The van der Waals surface area contributed by atoms with Crippen LogP contribution in [0.25, 0.3) is 11.2 Å². The average Bonchev–Trinajstić information content (AvgIpc) is 3.01. The van der Waals surface area contributed by atoms with Gasteiger partial charge in [-0.25, -0.2) is 4.98 Å². The maximum atomic E-state index is 9.37. The number of ether oxygens (including phenoxy) is 1.